The molecule has 11 heteroatoms. The van der Waals surface area contributed by atoms with Crippen LogP contribution in [0.5, 0.6) is 0 Å². The van der Waals surface area contributed by atoms with Crippen molar-refractivity contribution >= 4 is 29.3 Å². The fourth-order valence-corrected chi connectivity index (χ4v) is 3.41. The number of primary amides is 1. The Bertz CT molecular complexity index is 880. The summed E-state index contributed by atoms with van der Waals surface area (Å²) in [6, 6.07) is 4.78. The summed E-state index contributed by atoms with van der Waals surface area (Å²) >= 11 is 1.05. The molecule has 0 aliphatic heterocycles. The summed E-state index contributed by atoms with van der Waals surface area (Å²) in [6.45, 7) is 0.301. The lowest BCUT2D eigenvalue weighted by molar-refractivity contribution is -0.137. The van der Waals surface area contributed by atoms with Gasteiger partial charge in [0.15, 0.2) is 5.16 Å². The van der Waals surface area contributed by atoms with Gasteiger partial charge in [-0.15, -0.1) is 10.2 Å². The number of alkyl halides is 3. The molecule has 0 unspecified atom stereocenters. The lowest BCUT2D eigenvalue weighted by atomic mass is 10.1. The minimum atomic E-state index is -4.56. The number of rotatable bonds is 8. The zero-order valence-corrected chi connectivity index (χ0v) is 15.5. The van der Waals surface area contributed by atoms with Gasteiger partial charge in [0.25, 0.3) is 0 Å². The quantitative estimate of drug-likeness (QED) is 0.648. The van der Waals surface area contributed by atoms with Crippen molar-refractivity contribution in [3.63, 3.8) is 0 Å². The largest absolute Gasteiger partial charge is 0.418 e. The average molecular weight is 413 g/mol. The summed E-state index contributed by atoms with van der Waals surface area (Å²) in [4.78, 5) is 23.3. The Morgan fingerprint density at radius 3 is 2.61 bits per heavy atom. The van der Waals surface area contributed by atoms with Gasteiger partial charge in [-0.3, -0.25) is 9.59 Å². The highest BCUT2D eigenvalue weighted by atomic mass is 32.2. The molecule has 2 aromatic rings. The van der Waals surface area contributed by atoms with E-state index >= 15 is 0 Å². The smallest absolute Gasteiger partial charge is 0.370 e. The number of nitrogens with one attached hydrogen (secondary N) is 1. The van der Waals surface area contributed by atoms with Crippen molar-refractivity contribution in [2.24, 2.45) is 5.73 Å². The monoisotopic (exact) mass is 413 g/mol. The summed E-state index contributed by atoms with van der Waals surface area (Å²) in [7, 11) is 0. The minimum absolute atomic E-state index is 0.108. The van der Waals surface area contributed by atoms with Gasteiger partial charge in [0.2, 0.25) is 11.8 Å². The molecular formula is C17H18F3N5O2S. The van der Waals surface area contributed by atoms with Gasteiger partial charge in [-0.1, -0.05) is 23.9 Å². The van der Waals surface area contributed by atoms with E-state index in [-0.39, 0.29) is 23.8 Å². The molecular weight excluding hydrogens is 395 g/mol. The first-order chi connectivity index (χ1) is 13.3. The van der Waals surface area contributed by atoms with E-state index in [0.29, 0.717) is 11.7 Å². The highest BCUT2D eigenvalue weighted by Crippen LogP contribution is 2.40. The van der Waals surface area contributed by atoms with Crippen LogP contribution in [0.25, 0.3) is 0 Å². The number of halogens is 3. The lowest BCUT2D eigenvalue weighted by Gasteiger charge is -2.13. The normalized spacial score (nSPS) is 14.1. The molecule has 3 N–H and O–H groups in total. The Morgan fingerprint density at radius 1 is 1.25 bits per heavy atom. The van der Waals surface area contributed by atoms with Crippen LogP contribution in [-0.4, -0.2) is 32.3 Å². The van der Waals surface area contributed by atoms with E-state index in [1.165, 1.54) is 18.2 Å². The maximum Gasteiger partial charge on any atom is 0.418 e. The van der Waals surface area contributed by atoms with Gasteiger partial charge in [-0.05, 0) is 25.0 Å². The Hall–Kier alpha value is -2.56. The molecule has 2 amide bonds. The van der Waals surface area contributed by atoms with Crippen molar-refractivity contribution in [1.82, 2.24) is 14.8 Å². The van der Waals surface area contributed by atoms with E-state index in [2.05, 4.69) is 15.5 Å². The SMILES string of the molecule is NC(=O)CCn1c(SCC(=O)Nc2ccccc2C(F)(F)F)nnc1C1CC1. The molecule has 0 bridgehead atoms. The van der Waals surface area contributed by atoms with Gasteiger partial charge >= 0.3 is 6.18 Å². The second-order valence-electron chi connectivity index (χ2n) is 6.36. The lowest BCUT2D eigenvalue weighted by Crippen LogP contribution is -2.19. The number of nitrogens with two attached hydrogens (primary N) is 1. The van der Waals surface area contributed by atoms with Crippen LogP contribution in [0.2, 0.25) is 0 Å². The predicted octanol–water partition coefficient (Wildman–Crippen LogP) is 2.78. The number of anilines is 1. The van der Waals surface area contributed by atoms with Crippen molar-refractivity contribution < 1.29 is 22.8 Å². The molecule has 1 aliphatic carbocycles. The first-order valence-corrected chi connectivity index (χ1v) is 9.54. The number of thioether (sulfide) groups is 1. The second-order valence-corrected chi connectivity index (χ2v) is 7.31. The number of para-hydroxylation sites is 1. The molecule has 0 saturated heterocycles. The van der Waals surface area contributed by atoms with Crippen LogP contribution in [0.15, 0.2) is 29.4 Å². The molecule has 1 saturated carbocycles. The molecule has 0 radical (unpaired) electrons. The third-order valence-electron chi connectivity index (χ3n) is 4.11. The number of hydrogen-bond donors (Lipinski definition) is 2. The highest BCUT2D eigenvalue weighted by molar-refractivity contribution is 7.99. The van der Waals surface area contributed by atoms with Gasteiger partial charge in [-0.2, -0.15) is 13.2 Å². The number of carbonyl (C=O) groups excluding carboxylic acids is 2. The van der Waals surface area contributed by atoms with Crippen LogP contribution in [0.4, 0.5) is 18.9 Å². The van der Waals surface area contributed by atoms with E-state index in [9.17, 15) is 22.8 Å². The van der Waals surface area contributed by atoms with E-state index < -0.39 is 23.6 Å². The van der Waals surface area contributed by atoms with Crippen molar-refractivity contribution in [1.29, 1.82) is 0 Å². The standard InChI is InChI=1S/C17H18F3N5O2S/c18-17(19,20)11-3-1-2-4-12(11)22-14(27)9-28-16-24-23-15(10-5-6-10)25(16)8-7-13(21)26/h1-4,10H,5-9H2,(H2,21,26)(H,22,27). The summed E-state index contributed by atoms with van der Waals surface area (Å²) in [6.07, 6.45) is -2.50. The van der Waals surface area contributed by atoms with Gasteiger partial charge in [0.1, 0.15) is 5.82 Å². The van der Waals surface area contributed by atoms with Gasteiger partial charge in [0.05, 0.1) is 17.0 Å². The van der Waals surface area contributed by atoms with Crippen molar-refractivity contribution in [3.8, 4) is 0 Å². The topological polar surface area (TPSA) is 103 Å². The molecule has 1 aliphatic rings. The van der Waals surface area contributed by atoms with Crippen LogP contribution in [0, 0.1) is 0 Å². The first-order valence-electron chi connectivity index (χ1n) is 8.56. The number of aromatic nitrogens is 3. The van der Waals surface area contributed by atoms with Crippen molar-refractivity contribution in [2.75, 3.05) is 11.1 Å². The number of amides is 2. The van der Waals surface area contributed by atoms with E-state index in [1.54, 1.807) is 4.57 Å². The molecule has 150 valence electrons. The average Bonchev–Trinajstić information content (AvgIpc) is 3.38. The highest BCUT2D eigenvalue weighted by Gasteiger charge is 2.34. The minimum Gasteiger partial charge on any atom is -0.370 e. The molecule has 1 aromatic carbocycles. The van der Waals surface area contributed by atoms with Crippen LogP contribution >= 0.6 is 11.8 Å². The van der Waals surface area contributed by atoms with Gasteiger partial charge in [-0.25, -0.2) is 0 Å². The Labute approximate surface area is 162 Å². The molecule has 3 rings (SSSR count). The second kappa shape index (κ2) is 8.21. The molecule has 0 spiro atoms. The van der Waals surface area contributed by atoms with Gasteiger partial charge in [0, 0.05) is 18.9 Å². The predicted molar refractivity (Wildman–Crippen MR) is 96.6 cm³/mol. The summed E-state index contributed by atoms with van der Waals surface area (Å²) in [5.74, 6) is -0.188. The summed E-state index contributed by atoms with van der Waals surface area (Å²) in [5.41, 5.74) is 4.00. The van der Waals surface area contributed by atoms with E-state index in [1.807, 2.05) is 0 Å². The zero-order chi connectivity index (χ0) is 20.3. The van der Waals surface area contributed by atoms with E-state index in [0.717, 1.165) is 36.5 Å². The van der Waals surface area contributed by atoms with Crippen LogP contribution in [0.3, 0.4) is 0 Å². The molecule has 1 fully saturated rings. The third kappa shape index (κ3) is 5.03. The van der Waals surface area contributed by atoms with Crippen molar-refractivity contribution in [3.05, 3.63) is 35.7 Å². The Kier molecular flexibility index (Phi) is 5.92. The maximum absolute atomic E-state index is 13.0. The van der Waals surface area contributed by atoms with E-state index in [4.69, 9.17) is 5.73 Å². The first kappa shape index (κ1) is 20.2. The van der Waals surface area contributed by atoms with Crippen LogP contribution < -0.4 is 11.1 Å². The van der Waals surface area contributed by atoms with Gasteiger partial charge < -0.3 is 15.6 Å². The third-order valence-corrected chi connectivity index (χ3v) is 5.08. The molecule has 0 atom stereocenters. The van der Waals surface area contributed by atoms with Crippen LogP contribution in [0.1, 0.15) is 36.6 Å². The van der Waals surface area contributed by atoms with Crippen molar-refractivity contribution in [2.45, 2.75) is 43.1 Å². The number of hydrogen-bond acceptors (Lipinski definition) is 5. The summed E-state index contributed by atoms with van der Waals surface area (Å²) < 4.78 is 40.8. The Morgan fingerprint density at radius 2 is 1.96 bits per heavy atom. The number of carbonyl (C=O) groups is 2. The molecule has 28 heavy (non-hydrogen) atoms. The fourth-order valence-electron chi connectivity index (χ4n) is 2.64. The Balaban J connectivity index is 1.66. The summed E-state index contributed by atoms with van der Waals surface area (Å²) in [5, 5.41) is 10.9. The fraction of sp³-hybridized carbons (Fsp3) is 0.412. The number of nitrogens with zero attached hydrogens (tertiary/aromatic N) is 3. The molecule has 1 heterocycles. The molecule has 7 nitrogen and oxygen atoms in total. The van der Waals surface area contributed by atoms with Crippen LogP contribution in [-0.2, 0) is 22.3 Å². The number of benzene rings is 1. The zero-order valence-electron chi connectivity index (χ0n) is 14.7. The molecule has 1 aromatic heterocycles. The maximum atomic E-state index is 13.0.